The highest BCUT2D eigenvalue weighted by molar-refractivity contribution is 6.10. The Labute approximate surface area is 327 Å². The monoisotopic (exact) mass is 709 g/mol. The van der Waals surface area contributed by atoms with E-state index in [2.05, 4.69) is 6.07 Å². The molecule has 0 aliphatic rings. The van der Waals surface area contributed by atoms with Crippen LogP contribution in [0.25, 0.3) is 101 Å². The predicted molar refractivity (Wildman–Crippen MR) is 225 cm³/mol. The fraction of sp³-hybridized carbons (Fsp3) is 0. The average molecular weight is 710 g/mol. The molecule has 0 amide bonds. The van der Waals surface area contributed by atoms with Gasteiger partial charge in [-0.2, -0.15) is 0 Å². The molecule has 2 aromatic heterocycles. The number of benzene rings is 8. The summed E-state index contributed by atoms with van der Waals surface area (Å²) in [6, 6.07) is 51.0. The van der Waals surface area contributed by atoms with E-state index >= 15 is 0 Å². The molecule has 10 rings (SSSR count). The number of hydrogen-bond donors (Lipinski definition) is 0. The van der Waals surface area contributed by atoms with Crippen molar-refractivity contribution in [2.24, 2.45) is 0 Å². The summed E-state index contributed by atoms with van der Waals surface area (Å²) in [5, 5.41) is 0.138. The predicted octanol–water partition coefficient (Wildman–Crippen LogP) is 13.4. The van der Waals surface area contributed by atoms with Gasteiger partial charge in [-0.05, 0) is 75.3 Å². The minimum absolute atomic E-state index is 0.0107. The molecule has 0 N–H and O–H groups in total. The zero-order valence-corrected chi connectivity index (χ0v) is 29.3. The van der Waals surface area contributed by atoms with E-state index in [9.17, 15) is 5.48 Å². The maximum absolute atomic E-state index is 9.64. The Bertz CT molecular complexity index is 3250. The minimum atomic E-state index is -0.356. The Morgan fingerprint density at radius 3 is 1.45 bits per heavy atom. The maximum atomic E-state index is 9.64. The van der Waals surface area contributed by atoms with Crippen LogP contribution in [0.5, 0.6) is 0 Å². The number of aromatic nitrogens is 3. The van der Waals surface area contributed by atoms with Gasteiger partial charge >= 0.3 is 0 Å². The first kappa shape index (κ1) is 26.4. The molecule has 0 radical (unpaired) electrons. The van der Waals surface area contributed by atoms with Crippen LogP contribution in [-0.4, -0.2) is 15.0 Å². The third kappa shape index (κ3) is 6.26. The summed E-state index contributed by atoms with van der Waals surface area (Å²) < 4.78 is 62.4. The molecule has 258 valence electrons. The van der Waals surface area contributed by atoms with Crippen LogP contribution in [0.2, 0.25) is 0 Å². The second-order valence-corrected chi connectivity index (χ2v) is 13.2. The van der Waals surface area contributed by atoms with Crippen molar-refractivity contribution in [1.82, 2.24) is 15.0 Å². The van der Waals surface area contributed by atoms with Gasteiger partial charge in [0.1, 0.15) is 11.2 Å². The van der Waals surface area contributed by atoms with Crippen molar-refractivity contribution < 1.29 is 12.6 Å². The standard InChI is InChI=1S/C51H33N3O/c1-5-15-34(16-6-1)38-23-13-24-39(29-38)50-52-49(37-21-11-4-12-22-37)53-51(54-50)40-27-28-45-46-26-14-25-44(48(46)55-47(45)33-40)43-31-41(35-17-7-2-8-18-35)30-42(32-43)36-19-9-3-10-20-36/h1-33H/i14D,25D,26D,27D,28D,33D. The lowest BCUT2D eigenvalue weighted by molar-refractivity contribution is 0.670. The van der Waals surface area contributed by atoms with Crippen LogP contribution < -0.4 is 0 Å². The van der Waals surface area contributed by atoms with Crippen LogP contribution >= 0.6 is 0 Å². The van der Waals surface area contributed by atoms with Gasteiger partial charge in [-0.25, -0.2) is 15.0 Å². The summed E-state index contributed by atoms with van der Waals surface area (Å²) >= 11 is 0. The van der Waals surface area contributed by atoms with Crippen molar-refractivity contribution in [3.8, 4) is 78.7 Å². The summed E-state index contributed by atoms with van der Waals surface area (Å²) in [5.41, 5.74) is 7.79. The summed E-state index contributed by atoms with van der Waals surface area (Å²) in [7, 11) is 0. The molecular weight excluding hydrogens is 671 g/mol. The van der Waals surface area contributed by atoms with Crippen molar-refractivity contribution in [3.63, 3.8) is 0 Å². The molecule has 4 heteroatoms. The normalized spacial score (nSPS) is 12.8. The number of fused-ring (bicyclic) bond motifs is 3. The molecule has 4 nitrogen and oxygen atoms in total. The van der Waals surface area contributed by atoms with Crippen LogP contribution in [0.3, 0.4) is 0 Å². The van der Waals surface area contributed by atoms with E-state index < -0.39 is 0 Å². The van der Waals surface area contributed by atoms with E-state index in [1.807, 2.05) is 158 Å². The summed E-state index contributed by atoms with van der Waals surface area (Å²) in [6.45, 7) is 0. The van der Waals surface area contributed by atoms with E-state index in [0.717, 1.165) is 33.4 Å². The molecule has 0 atom stereocenters. The Morgan fingerprint density at radius 2 is 0.836 bits per heavy atom. The van der Waals surface area contributed by atoms with E-state index in [4.69, 9.17) is 22.1 Å². The highest BCUT2D eigenvalue weighted by atomic mass is 16.3. The minimum Gasteiger partial charge on any atom is -0.455 e. The van der Waals surface area contributed by atoms with Gasteiger partial charge in [-0.1, -0.05) is 164 Å². The molecule has 0 unspecified atom stereocenters. The SMILES string of the molecule is [2H]c1c([2H])c([2H])c2c(oc3c([2H])c(-c4nc(-c5ccccc5)nc(-c5cccc(-c6ccccc6)c5)n4)c([2H])c([2H])c32)c1-c1cc(-c2ccccc2)cc(-c2ccccc2)c1. The van der Waals surface area contributed by atoms with Crippen molar-refractivity contribution >= 4 is 21.9 Å². The molecule has 0 saturated carbocycles. The molecule has 2 heterocycles. The van der Waals surface area contributed by atoms with Crippen molar-refractivity contribution in [2.75, 3.05) is 0 Å². The molecule has 8 aromatic carbocycles. The lowest BCUT2D eigenvalue weighted by atomic mass is 9.92. The molecular formula is C51H33N3O. The van der Waals surface area contributed by atoms with Crippen LogP contribution in [0.15, 0.2) is 204 Å². The van der Waals surface area contributed by atoms with Gasteiger partial charge in [-0.15, -0.1) is 0 Å². The van der Waals surface area contributed by atoms with Gasteiger partial charge in [0.15, 0.2) is 17.5 Å². The summed E-state index contributed by atoms with van der Waals surface area (Å²) in [5.74, 6) is 0.649. The molecule has 55 heavy (non-hydrogen) atoms. The average Bonchev–Trinajstić information content (AvgIpc) is 3.72. The van der Waals surface area contributed by atoms with E-state index in [1.54, 1.807) is 0 Å². The molecule has 0 bridgehead atoms. The lowest BCUT2D eigenvalue weighted by Crippen LogP contribution is -2.00. The van der Waals surface area contributed by atoms with Crippen molar-refractivity contribution in [2.45, 2.75) is 0 Å². The Balaban J connectivity index is 1.22. The largest absolute Gasteiger partial charge is 0.455 e. The molecule has 0 saturated heterocycles. The Morgan fingerprint density at radius 1 is 0.364 bits per heavy atom. The number of rotatable bonds is 7. The highest BCUT2D eigenvalue weighted by Crippen LogP contribution is 2.40. The van der Waals surface area contributed by atoms with Gasteiger partial charge in [0.2, 0.25) is 0 Å². The van der Waals surface area contributed by atoms with E-state index in [-0.39, 0.29) is 75.1 Å². The molecule has 0 spiro atoms. The molecule has 0 aliphatic heterocycles. The number of nitrogens with zero attached hydrogens (tertiary/aromatic N) is 3. The third-order valence-corrected chi connectivity index (χ3v) is 9.62. The lowest BCUT2D eigenvalue weighted by Gasteiger charge is -2.11. The van der Waals surface area contributed by atoms with Crippen LogP contribution in [-0.2, 0) is 0 Å². The zero-order chi connectivity index (χ0) is 41.8. The summed E-state index contributed by atoms with van der Waals surface area (Å²) in [4.78, 5) is 14.5. The van der Waals surface area contributed by atoms with Crippen LogP contribution in [0.4, 0.5) is 0 Å². The second-order valence-electron chi connectivity index (χ2n) is 13.2. The van der Waals surface area contributed by atoms with Crippen molar-refractivity contribution in [3.05, 3.63) is 200 Å². The topological polar surface area (TPSA) is 51.8 Å². The summed E-state index contributed by atoms with van der Waals surface area (Å²) in [6.07, 6.45) is 0. The first-order valence-electron chi connectivity index (χ1n) is 20.9. The van der Waals surface area contributed by atoms with Crippen LogP contribution in [0.1, 0.15) is 8.22 Å². The highest BCUT2D eigenvalue weighted by Gasteiger charge is 2.18. The smallest absolute Gasteiger partial charge is 0.164 e. The fourth-order valence-corrected chi connectivity index (χ4v) is 6.90. The molecule has 10 aromatic rings. The first-order chi connectivity index (χ1) is 29.7. The number of para-hydroxylation sites is 1. The van der Waals surface area contributed by atoms with Crippen molar-refractivity contribution in [1.29, 1.82) is 0 Å². The van der Waals surface area contributed by atoms with Gasteiger partial charge in [0.25, 0.3) is 0 Å². The van der Waals surface area contributed by atoms with E-state index in [1.165, 1.54) is 0 Å². The quantitative estimate of drug-likeness (QED) is 0.165. The van der Waals surface area contributed by atoms with Gasteiger partial charge < -0.3 is 4.42 Å². The van der Waals surface area contributed by atoms with Gasteiger partial charge in [0.05, 0.1) is 8.22 Å². The molecule has 0 fully saturated rings. The number of furan rings is 1. The first-order valence-corrected chi connectivity index (χ1v) is 17.9. The Hall–Kier alpha value is -7.43. The van der Waals surface area contributed by atoms with E-state index in [0.29, 0.717) is 28.3 Å². The van der Waals surface area contributed by atoms with Gasteiger partial charge in [0, 0.05) is 33.0 Å². The number of hydrogen-bond acceptors (Lipinski definition) is 4. The fourth-order valence-electron chi connectivity index (χ4n) is 6.90. The van der Waals surface area contributed by atoms with Gasteiger partial charge in [-0.3, -0.25) is 0 Å². The second kappa shape index (κ2) is 13.8. The van der Waals surface area contributed by atoms with Crippen LogP contribution in [0, 0.1) is 0 Å². The third-order valence-electron chi connectivity index (χ3n) is 9.62. The maximum Gasteiger partial charge on any atom is 0.164 e. The molecule has 0 aliphatic carbocycles. The zero-order valence-electron chi connectivity index (χ0n) is 35.3. The Kier molecular flexibility index (Phi) is 6.63.